The Labute approximate surface area is 126 Å². The van der Waals surface area contributed by atoms with Crippen molar-refractivity contribution in [1.82, 2.24) is 15.2 Å². The van der Waals surface area contributed by atoms with Gasteiger partial charge in [0.15, 0.2) is 11.1 Å². The molecular weight excluding hydrogens is 270 g/mol. The molecule has 0 bridgehead atoms. The second-order valence-corrected chi connectivity index (χ2v) is 5.80. The predicted molar refractivity (Wildman–Crippen MR) is 88.8 cm³/mol. The summed E-state index contributed by atoms with van der Waals surface area (Å²) < 4.78 is 0. The minimum Gasteiger partial charge on any atom is -0.357 e. The number of aliphatic imine (C=N–C) groups is 1. The minimum atomic E-state index is 0.628. The fraction of sp³-hybridized carbons (Fsp3) is 0.714. The molecule has 1 aromatic rings. The van der Waals surface area contributed by atoms with E-state index in [4.69, 9.17) is 0 Å². The van der Waals surface area contributed by atoms with E-state index in [1.54, 1.807) is 11.3 Å². The van der Waals surface area contributed by atoms with Gasteiger partial charge in [0.1, 0.15) is 0 Å². The molecule has 1 rings (SSSR count). The maximum atomic E-state index is 4.67. The van der Waals surface area contributed by atoms with E-state index < -0.39 is 0 Å². The Bertz CT molecular complexity index is 413. The molecule has 5 nitrogen and oxygen atoms in total. The van der Waals surface area contributed by atoms with Gasteiger partial charge in [0, 0.05) is 39.6 Å². The molecular formula is C14H27N5S. The van der Waals surface area contributed by atoms with Crippen LogP contribution in [0.5, 0.6) is 0 Å². The molecule has 0 radical (unpaired) electrons. The molecule has 1 N–H and O–H groups in total. The lowest BCUT2D eigenvalue weighted by molar-refractivity contribution is 0.464. The average molecular weight is 297 g/mol. The van der Waals surface area contributed by atoms with Crippen LogP contribution in [-0.2, 0) is 6.54 Å². The van der Waals surface area contributed by atoms with E-state index in [9.17, 15) is 0 Å². The normalized spacial score (nSPS) is 11.6. The van der Waals surface area contributed by atoms with Crippen LogP contribution < -0.4 is 10.2 Å². The zero-order valence-corrected chi connectivity index (χ0v) is 14.1. The van der Waals surface area contributed by atoms with Crippen molar-refractivity contribution >= 4 is 22.4 Å². The molecule has 0 saturated carbocycles. The second-order valence-electron chi connectivity index (χ2n) is 4.96. The van der Waals surface area contributed by atoms with Crippen molar-refractivity contribution < 1.29 is 0 Å². The Morgan fingerprint density at radius 2 is 2.10 bits per heavy atom. The van der Waals surface area contributed by atoms with E-state index in [1.807, 2.05) is 19.0 Å². The molecule has 20 heavy (non-hydrogen) atoms. The second kappa shape index (κ2) is 8.79. The van der Waals surface area contributed by atoms with Crippen LogP contribution >= 0.6 is 11.3 Å². The number of nitrogens with one attached hydrogen (secondary N) is 1. The third kappa shape index (κ3) is 5.36. The van der Waals surface area contributed by atoms with Gasteiger partial charge in [-0.2, -0.15) is 0 Å². The smallest absolute Gasteiger partial charge is 0.194 e. The summed E-state index contributed by atoms with van der Waals surface area (Å²) in [4.78, 5) is 13.4. The van der Waals surface area contributed by atoms with Crippen LogP contribution in [0.15, 0.2) is 10.4 Å². The van der Waals surface area contributed by atoms with Crippen LogP contribution in [-0.4, -0.2) is 50.1 Å². The number of unbranched alkanes of at least 4 members (excludes halogenated alkanes) is 1. The SMILES string of the molecule is CCCCN(C)C(=NCc1csc(N(C)C)n1)NCC. The lowest BCUT2D eigenvalue weighted by Gasteiger charge is -2.21. The lowest BCUT2D eigenvalue weighted by atomic mass is 10.3. The fourth-order valence-electron chi connectivity index (χ4n) is 1.70. The van der Waals surface area contributed by atoms with Gasteiger partial charge in [-0.05, 0) is 13.3 Å². The fourth-order valence-corrected chi connectivity index (χ4v) is 2.45. The van der Waals surface area contributed by atoms with Crippen molar-refractivity contribution in [3.8, 4) is 0 Å². The summed E-state index contributed by atoms with van der Waals surface area (Å²) in [7, 11) is 6.10. The molecule has 1 heterocycles. The molecule has 6 heteroatoms. The van der Waals surface area contributed by atoms with Crippen molar-refractivity contribution in [3.63, 3.8) is 0 Å². The minimum absolute atomic E-state index is 0.628. The van der Waals surface area contributed by atoms with Gasteiger partial charge in [0.05, 0.1) is 12.2 Å². The standard InChI is InChI=1S/C14H27N5S/c1-6-8-9-19(5)13(15-7-2)16-10-12-11-20-14(17-12)18(3)4/h11H,6-10H2,1-5H3,(H,15,16). The van der Waals surface area contributed by atoms with Crippen LogP contribution in [0, 0.1) is 0 Å². The van der Waals surface area contributed by atoms with Crippen molar-refractivity contribution in [2.75, 3.05) is 39.1 Å². The summed E-state index contributed by atoms with van der Waals surface area (Å²) in [6.45, 7) is 6.84. The first-order chi connectivity index (χ1) is 9.58. The number of aromatic nitrogens is 1. The number of anilines is 1. The number of nitrogens with zero attached hydrogens (tertiary/aromatic N) is 4. The molecule has 114 valence electrons. The highest BCUT2D eigenvalue weighted by molar-refractivity contribution is 7.13. The third-order valence-corrected chi connectivity index (χ3v) is 3.91. The van der Waals surface area contributed by atoms with Gasteiger partial charge < -0.3 is 15.1 Å². The Balaban J connectivity index is 2.65. The first-order valence-corrected chi connectivity index (χ1v) is 8.07. The number of hydrogen-bond donors (Lipinski definition) is 1. The largest absolute Gasteiger partial charge is 0.357 e. The highest BCUT2D eigenvalue weighted by Crippen LogP contribution is 2.18. The average Bonchev–Trinajstić information content (AvgIpc) is 2.89. The van der Waals surface area contributed by atoms with Crippen molar-refractivity contribution in [1.29, 1.82) is 0 Å². The maximum absolute atomic E-state index is 4.67. The monoisotopic (exact) mass is 297 g/mol. The Hall–Kier alpha value is -1.30. The molecule has 0 aliphatic rings. The summed E-state index contributed by atoms with van der Waals surface area (Å²) >= 11 is 1.66. The van der Waals surface area contributed by atoms with E-state index in [2.05, 4.69) is 46.5 Å². The van der Waals surface area contributed by atoms with Gasteiger partial charge in [-0.3, -0.25) is 0 Å². The van der Waals surface area contributed by atoms with Crippen LogP contribution in [0.1, 0.15) is 32.4 Å². The lowest BCUT2D eigenvalue weighted by Crippen LogP contribution is -2.39. The Kier molecular flexibility index (Phi) is 7.36. The summed E-state index contributed by atoms with van der Waals surface area (Å²) in [5, 5.41) is 6.44. The molecule has 0 unspecified atom stereocenters. The third-order valence-electron chi connectivity index (χ3n) is 2.86. The summed E-state index contributed by atoms with van der Waals surface area (Å²) in [5.41, 5.74) is 1.03. The number of thiazole rings is 1. The topological polar surface area (TPSA) is 43.8 Å². The molecule has 0 fully saturated rings. The van der Waals surface area contributed by atoms with Gasteiger partial charge in [0.2, 0.25) is 0 Å². The van der Waals surface area contributed by atoms with Crippen molar-refractivity contribution in [2.45, 2.75) is 33.2 Å². The van der Waals surface area contributed by atoms with Gasteiger partial charge in [-0.15, -0.1) is 11.3 Å². The molecule has 0 saturated heterocycles. The molecule has 0 atom stereocenters. The van der Waals surface area contributed by atoms with Gasteiger partial charge in [0.25, 0.3) is 0 Å². The summed E-state index contributed by atoms with van der Waals surface area (Å²) in [6.07, 6.45) is 2.38. The van der Waals surface area contributed by atoms with E-state index in [1.165, 1.54) is 12.8 Å². The zero-order chi connectivity index (χ0) is 15.0. The van der Waals surface area contributed by atoms with E-state index >= 15 is 0 Å². The Morgan fingerprint density at radius 3 is 2.65 bits per heavy atom. The molecule has 0 aromatic carbocycles. The van der Waals surface area contributed by atoms with Crippen molar-refractivity contribution in [2.24, 2.45) is 4.99 Å². The van der Waals surface area contributed by atoms with Crippen LogP contribution in [0.2, 0.25) is 0 Å². The molecule has 0 aliphatic heterocycles. The van der Waals surface area contributed by atoms with Gasteiger partial charge in [-0.25, -0.2) is 9.98 Å². The number of hydrogen-bond acceptors (Lipinski definition) is 4. The molecule has 0 spiro atoms. The van der Waals surface area contributed by atoms with Gasteiger partial charge in [-0.1, -0.05) is 13.3 Å². The summed E-state index contributed by atoms with van der Waals surface area (Å²) in [5.74, 6) is 0.959. The predicted octanol–water partition coefficient (Wildman–Crippen LogP) is 2.41. The number of guanidine groups is 1. The van der Waals surface area contributed by atoms with E-state index in [0.29, 0.717) is 6.54 Å². The molecule has 0 aliphatic carbocycles. The highest BCUT2D eigenvalue weighted by Gasteiger charge is 2.06. The van der Waals surface area contributed by atoms with E-state index in [-0.39, 0.29) is 0 Å². The Morgan fingerprint density at radius 1 is 1.35 bits per heavy atom. The van der Waals surface area contributed by atoms with Crippen LogP contribution in [0.3, 0.4) is 0 Å². The van der Waals surface area contributed by atoms with Crippen LogP contribution in [0.25, 0.3) is 0 Å². The highest BCUT2D eigenvalue weighted by atomic mass is 32.1. The quantitative estimate of drug-likeness (QED) is 0.620. The first-order valence-electron chi connectivity index (χ1n) is 7.19. The number of rotatable bonds is 7. The molecule has 0 amide bonds. The van der Waals surface area contributed by atoms with Crippen molar-refractivity contribution in [3.05, 3.63) is 11.1 Å². The zero-order valence-electron chi connectivity index (χ0n) is 13.3. The van der Waals surface area contributed by atoms with Crippen LogP contribution in [0.4, 0.5) is 5.13 Å². The summed E-state index contributed by atoms with van der Waals surface area (Å²) in [6, 6.07) is 0. The first kappa shape index (κ1) is 16.8. The van der Waals surface area contributed by atoms with E-state index in [0.717, 1.165) is 29.9 Å². The van der Waals surface area contributed by atoms with Gasteiger partial charge >= 0.3 is 0 Å². The maximum Gasteiger partial charge on any atom is 0.194 e. The molecule has 1 aromatic heterocycles.